The van der Waals surface area contributed by atoms with Crippen molar-refractivity contribution < 1.29 is 4.39 Å². The van der Waals surface area contributed by atoms with E-state index in [4.69, 9.17) is 0 Å². The second-order valence-electron chi connectivity index (χ2n) is 8.80. The van der Waals surface area contributed by atoms with Crippen LogP contribution < -0.4 is 10.5 Å². The fourth-order valence-electron chi connectivity index (χ4n) is 4.98. The number of nitriles is 1. The zero-order valence-electron chi connectivity index (χ0n) is 19.6. The van der Waals surface area contributed by atoms with E-state index in [1.807, 2.05) is 12.1 Å². The molecule has 1 unspecified atom stereocenters. The number of aryl methyl sites for hydroxylation is 1. The Bertz CT molecular complexity index is 1250. The quantitative estimate of drug-likeness (QED) is 0.581. The summed E-state index contributed by atoms with van der Waals surface area (Å²) in [6.45, 7) is 8.08. The molecule has 4 rings (SSSR count). The number of halogens is 1. The molecule has 3 aromatic rings. The lowest BCUT2D eigenvalue weighted by atomic mass is 9.96. The minimum Gasteiger partial charge on any atom is -0.364 e. The van der Waals surface area contributed by atoms with Gasteiger partial charge in [-0.05, 0) is 49.6 Å². The molecule has 1 fully saturated rings. The van der Waals surface area contributed by atoms with E-state index in [9.17, 15) is 14.4 Å². The van der Waals surface area contributed by atoms with E-state index < -0.39 is 0 Å². The van der Waals surface area contributed by atoms with Gasteiger partial charge in [-0.3, -0.25) is 9.69 Å². The fourth-order valence-corrected chi connectivity index (χ4v) is 4.98. The average molecular weight is 448 g/mol. The van der Waals surface area contributed by atoms with Crippen LogP contribution in [0, 0.1) is 17.1 Å². The van der Waals surface area contributed by atoms with E-state index in [0.29, 0.717) is 11.2 Å². The van der Waals surface area contributed by atoms with Gasteiger partial charge in [-0.1, -0.05) is 26.0 Å². The number of piperazine rings is 1. The van der Waals surface area contributed by atoms with Gasteiger partial charge in [0.05, 0.1) is 11.2 Å². The number of anilines is 1. The molecular weight excluding hydrogens is 417 g/mol. The molecule has 0 N–H and O–H groups in total. The Hall–Kier alpha value is -3.24. The number of benzene rings is 1. The van der Waals surface area contributed by atoms with Crippen LogP contribution in [0.3, 0.4) is 0 Å². The lowest BCUT2D eigenvalue weighted by Crippen LogP contribution is -2.58. The maximum absolute atomic E-state index is 13.5. The highest BCUT2D eigenvalue weighted by Crippen LogP contribution is 2.34. The standard InChI is InChI=1S/C26H30FN5O/c1-5-21-16-32(22(6-2)15-31(21)17(3)18-7-9-19(27)10-8-18)24-13-25(33)30(4)23-12-11-20(14-28)29-26(23)24/h7-13,17,21-22H,5-6,15-16H2,1-4H3/t17?,21-,22+/m1/s1. The molecule has 1 aliphatic rings. The highest BCUT2D eigenvalue weighted by molar-refractivity contribution is 5.89. The van der Waals surface area contributed by atoms with Gasteiger partial charge in [0.15, 0.2) is 0 Å². The molecular formula is C26H30FN5O. The number of nitrogens with zero attached hydrogens (tertiary/aromatic N) is 5. The van der Waals surface area contributed by atoms with Gasteiger partial charge in [0.2, 0.25) is 0 Å². The molecule has 0 saturated carbocycles. The van der Waals surface area contributed by atoms with Gasteiger partial charge < -0.3 is 9.47 Å². The van der Waals surface area contributed by atoms with E-state index >= 15 is 0 Å². The Morgan fingerprint density at radius 2 is 1.82 bits per heavy atom. The van der Waals surface area contributed by atoms with Gasteiger partial charge in [-0.25, -0.2) is 9.37 Å². The minimum atomic E-state index is -0.226. The Balaban J connectivity index is 1.75. The molecule has 7 heteroatoms. The highest BCUT2D eigenvalue weighted by Gasteiger charge is 2.36. The molecule has 3 heterocycles. The molecule has 172 valence electrons. The van der Waals surface area contributed by atoms with Crippen molar-refractivity contribution in [3.63, 3.8) is 0 Å². The third-order valence-corrected chi connectivity index (χ3v) is 7.02. The summed E-state index contributed by atoms with van der Waals surface area (Å²) in [5.74, 6) is -0.226. The van der Waals surface area contributed by atoms with Gasteiger partial charge >= 0.3 is 0 Å². The van der Waals surface area contributed by atoms with Gasteiger partial charge in [0, 0.05) is 44.3 Å². The first-order valence-electron chi connectivity index (χ1n) is 11.6. The summed E-state index contributed by atoms with van der Waals surface area (Å²) in [7, 11) is 1.73. The van der Waals surface area contributed by atoms with Crippen LogP contribution in [0.15, 0.2) is 47.3 Å². The Kier molecular flexibility index (Phi) is 6.48. The summed E-state index contributed by atoms with van der Waals surface area (Å²) < 4.78 is 15.0. The topological polar surface area (TPSA) is 65.2 Å². The smallest absolute Gasteiger partial charge is 0.252 e. The molecule has 2 aromatic heterocycles. The Labute approximate surface area is 193 Å². The maximum Gasteiger partial charge on any atom is 0.252 e. The number of hydrogen-bond acceptors (Lipinski definition) is 5. The lowest BCUT2D eigenvalue weighted by molar-refractivity contribution is 0.101. The number of aromatic nitrogens is 2. The number of hydrogen-bond donors (Lipinski definition) is 0. The van der Waals surface area contributed by atoms with Crippen LogP contribution >= 0.6 is 0 Å². The predicted octanol–water partition coefficient (Wildman–Crippen LogP) is 4.38. The van der Waals surface area contributed by atoms with Crippen LogP contribution in [0.5, 0.6) is 0 Å². The van der Waals surface area contributed by atoms with Gasteiger partial charge in [0.1, 0.15) is 23.1 Å². The van der Waals surface area contributed by atoms with Crippen molar-refractivity contribution in [2.75, 3.05) is 18.0 Å². The molecule has 3 atom stereocenters. The number of pyridine rings is 2. The Morgan fingerprint density at radius 1 is 1.12 bits per heavy atom. The van der Waals surface area contributed by atoms with Crippen LogP contribution in [0.25, 0.3) is 11.0 Å². The summed E-state index contributed by atoms with van der Waals surface area (Å²) >= 11 is 0. The zero-order chi connectivity index (χ0) is 23.7. The van der Waals surface area contributed by atoms with E-state index in [1.54, 1.807) is 29.8 Å². The summed E-state index contributed by atoms with van der Waals surface area (Å²) in [6.07, 6.45) is 1.84. The van der Waals surface area contributed by atoms with Gasteiger partial charge in [-0.2, -0.15) is 5.26 Å². The van der Waals surface area contributed by atoms with Crippen molar-refractivity contribution in [3.05, 3.63) is 69.9 Å². The van der Waals surface area contributed by atoms with E-state index in [-0.39, 0.29) is 29.5 Å². The van der Waals surface area contributed by atoms with E-state index in [1.165, 1.54) is 12.1 Å². The zero-order valence-corrected chi connectivity index (χ0v) is 19.6. The fraction of sp³-hybridized carbons (Fsp3) is 0.423. The van der Waals surface area contributed by atoms with Crippen LogP contribution in [0.2, 0.25) is 0 Å². The molecule has 0 spiro atoms. The van der Waals surface area contributed by atoms with Crippen molar-refractivity contribution in [3.8, 4) is 6.07 Å². The Morgan fingerprint density at radius 3 is 2.45 bits per heavy atom. The summed E-state index contributed by atoms with van der Waals surface area (Å²) in [5.41, 5.74) is 3.55. The van der Waals surface area contributed by atoms with Crippen LogP contribution in [0.4, 0.5) is 10.1 Å². The number of fused-ring (bicyclic) bond motifs is 1. The first kappa shape index (κ1) is 22.9. The largest absolute Gasteiger partial charge is 0.364 e. The molecule has 33 heavy (non-hydrogen) atoms. The van der Waals surface area contributed by atoms with Gasteiger partial charge in [0.25, 0.3) is 5.56 Å². The van der Waals surface area contributed by atoms with Gasteiger partial charge in [-0.15, -0.1) is 0 Å². The summed E-state index contributed by atoms with van der Waals surface area (Å²) in [4.78, 5) is 22.2. The normalized spacial score (nSPS) is 20.1. The van der Waals surface area contributed by atoms with Crippen molar-refractivity contribution in [1.29, 1.82) is 5.26 Å². The van der Waals surface area contributed by atoms with Crippen molar-refractivity contribution in [2.45, 2.75) is 51.7 Å². The molecule has 1 aliphatic heterocycles. The molecule has 0 radical (unpaired) electrons. The third-order valence-electron chi connectivity index (χ3n) is 7.02. The maximum atomic E-state index is 13.5. The molecule has 0 aliphatic carbocycles. The monoisotopic (exact) mass is 447 g/mol. The second kappa shape index (κ2) is 9.32. The van der Waals surface area contributed by atoms with Crippen LogP contribution in [-0.2, 0) is 7.05 Å². The first-order valence-corrected chi connectivity index (χ1v) is 11.6. The molecule has 0 bridgehead atoms. The molecule has 6 nitrogen and oxygen atoms in total. The second-order valence-corrected chi connectivity index (χ2v) is 8.80. The molecule has 1 saturated heterocycles. The van der Waals surface area contributed by atoms with Crippen molar-refractivity contribution in [2.24, 2.45) is 7.05 Å². The average Bonchev–Trinajstić information content (AvgIpc) is 2.85. The lowest BCUT2D eigenvalue weighted by Gasteiger charge is -2.49. The molecule has 1 aromatic carbocycles. The SMILES string of the molecule is CC[C@H]1CN(C(C)c2ccc(F)cc2)[C@H](CC)CN1c1cc(=O)n(C)c2ccc(C#N)nc12. The van der Waals surface area contributed by atoms with E-state index in [0.717, 1.165) is 42.7 Å². The van der Waals surface area contributed by atoms with E-state index in [2.05, 4.69) is 41.6 Å². The number of rotatable bonds is 5. The summed E-state index contributed by atoms with van der Waals surface area (Å²) in [5, 5.41) is 9.40. The summed E-state index contributed by atoms with van der Waals surface area (Å²) in [6, 6.07) is 14.6. The predicted molar refractivity (Wildman–Crippen MR) is 129 cm³/mol. The third kappa shape index (κ3) is 4.23. The van der Waals surface area contributed by atoms with Crippen LogP contribution in [-0.4, -0.2) is 39.6 Å². The van der Waals surface area contributed by atoms with Crippen molar-refractivity contribution in [1.82, 2.24) is 14.5 Å². The molecule has 0 amide bonds. The highest BCUT2D eigenvalue weighted by atomic mass is 19.1. The van der Waals surface area contributed by atoms with Crippen molar-refractivity contribution >= 4 is 16.7 Å². The van der Waals surface area contributed by atoms with Crippen LogP contribution in [0.1, 0.15) is 50.9 Å². The first-order chi connectivity index (χ1) is 15.9. The minimum absolute atomic E-state index is 0.0889.